The van der Waals surface area contributed by atoms with Crippen LogP contribution >= 0.6 is 0 Å². The highest BCUT2D eigenvalue weighted by atomic mass is 19.1. The molecule has 0 amide bonds. The van der Waals surface area contributed by atoms with Gasteiger partial charge in [-0.3, -0.25) is 0 Å². The third-order valence-electron chi connectivity index (χ3n) is 5.17. The average Bonchev–Trinajstić information content (AvgIpc) is 2.77. The highest BCUT2D eigenvalue weighted by Gasteiger charge is 2.20. The van der Waals surface area contributed by atoms with E-state index in [-0.39, 0.29) is 0 Å². The van der Waals surface area contributed by atoms with Gasteiger partial charge in [0.2, 0.25) is 0 Å². The standard InChI is InChI=1S/C25H31FN6/c1-5-6-7-15-32(18(2)30-23-13-14-28-17-29-23)24-21(27)11-12-22(31-24)19-9-8-10-20(16-19)25(3,4)26/h8-14,16-17H,2,5-7,15,27H2,1,3-4H3,(H,28,29,30). The number of halogens is 1. The summed E-state index contributed by atoms with van der Waals surface area (Å²) in [7, 11) is 0. The zero-order valence-corrected chi connectivity index (χ0v) is 19.0. The topological polar surface area (TPSA) is 80.0 Å². The van der Waals surface area contributed by atoms with Crippen LogP contribution in [-0.2, 0) is 5.67 Å². The maximum absolute atomic E-state index is 14.5. The number of nitrogens with zero attached hydrogens (tertiary/aromatic N) is 4. The molecular weight excluding hydrogens is 403 g/mol. The Morgan fingerprint density at radius 1 is 1.19 bits per heavy atom. The van der Waals surface area contributed by atoms with Crippen molar-refractivity contribution in [1.29, 1.82) is 0 Å². The Balaban J connectivity index is 1.96. The zero-order chi connectivity index (χ0) is 23.1. The van der Waals surface area contributed by atoms with E-state index in [1.54, 1.807) is 32.2 Å². The van der Waals surface area contributed by atoms with Crippen LogP contribution in [0.25, 0.3) is 11.3 Å². The first-order valence-electron chi connectivity index (χ1n) is 10.9. The molecule has 1 aromatic carbocycles. The van der Waals surface area contributed by atoms with Crippen molar-refractivity contribution in [2.75, 3.05) is 22.5 Å². The van der Waals surface area contributed by atoms with E-state index in [0.29, 0.717) is 35.3 Å². The number of alkyl halides is 1. The van der Waals surface area contributed by atoms with E-state index in [9.17, 15) is 4.39 Å². The summed E-state index contributed by atoms with van der Waals surface area (Å²) in [5.74, 6) is 1.86. The predicted octanol–water partition coefficient (Wildman–Crippen LogP) is 5.91. The minimum Gasteiger partial charge on any atom is -0.396 e. The molecule has 0 unspecified atom stereocenters. The summed E-state index contributed by atoms with van der Waals surface area (Å²) in [6, 6.07) is 12.8. The SMILES string of the molecule is C=C(Nc1ccncn1)N(CCCCC)c1nc(-c2cccc(C(C)(C)F)c2)ccc1N. The van der Waals surface area contributed by atoms with Crippen LogP contribution in [0.2, 0.25) is 0 Å². The summed E-state index contributed by atoms with van der Waals surface area (Å²) in [5, 5.41) is 3.22. The number of anilines is 3. The quantitative estimate of drug-likeness (QED) is 0.386. The normalized spacial score (nSPS) is 11.2. The summed E-state index contributed by atoms with van der Waals surface area (Å²) in [6.07, 6.45) is 6.26. The molecule has 0 atom stereocenters. The van der Waals surface area contributed by atoms with Gasteiger partial charge in [-0.15, -0.1) is 0 Å². The largest absolute Gasteiger partial charge is 0.396 e. The molecule has 0 fully saturated rings. The molecule has 3 aromatic rings. The number of benzene rings is 1. The lowest BCUT2D eigenvalue weighted by atomic mass is 9.97. The van der Waals surface area contributed by atoms with Gasteiger partial charge in [0.15, 0.2) is 5.82 Å². The van der Waals surface area contributed by atoms with Crippen LogP contribution in [0.1, 0.15) is 45.6 Å². The molecule has 0 bridgehead atoms. The number of aromatic nitrogens is 3. The van der Waals surface area contributed by atoms with E-state index in [1.807, 2.05) is 35.2 Å². The number of hydrogen-bond donors (Lipinski definition) is 2. The lowest BCUT2D eigenvalue weighted by Gasteiger charge is -2.28. The highest BCUT2D eigenvalue weighted by molar-refractivity contribution is 5.72. The maximum Gasteiger partial charge on any atom is 0.158 e. The Labute approximate surface area is 189 Å². The van der Waals surface area contributed by atoms with Gasteiger partial charge >= 0.3 is 0 Å². The monoisotopic (exact) mass is 434 g/mol. The van der Waals surface area contributed by atoms with Crippen LogP contribution in [0, 0.1) is 0 Å². The Bertz CT molecular complexity index is 1050. The van der Waals surface area contributed by atoms with Crippen LogP contribution in [0.15, 0.2) is 67.4 Å². The Hall–Kier alpha value is -3.48. The number of pyridine rings is 1. The van der Waals surface area contributed by atoms with Gasteiger partial charge in [0, 0.05) is 18.3 Å². The summed E-state index contributed by atoms with van der Waals surface area (Å²) in [4.78, 5) is 15.0. The molecule has 0 aliphatic rings. The molecule has 7 heteroatoms. The van der Waals surface area contributed by atoms with E-state index in [2.05, 4.69) is 28.8 Å². The van der Waals surface area contributed by atoms with Crippen molar-refractivity contribution in [3.05, 3.63) is 73.0 Å². The van der Waals surface area contributed by atoms with Crippen molar-refractivity contribution in [1.82, 2.24) is 15.0 Å². The smallest absolute Gasteiger partial charge is 0.158 e. The molecule has 2 aromatic heterocycles. The first-order chi connectivity index (χ1) is 15.3. The molecule has 32 heavy (non-hydrogen) atoms. The number of nitrogen functional groups attached to an aromatic ring is 1. The Morgan fingerprint density at radius 3 is 2.69 bits per heavy atom. The molecule has 168 valence electrons. The van der Waals surface area contributed by atoms with Crippen molar-refractivity contribution in [2.24, 2.45) is 0 Å². The van der Waals surface area contributed by atoms with Gasteiger partial charge in [0.05, 0.1) is 11.4 Å². The molecule has 3 rings (SSSR count). The second kappa shape index (κ2) is 10.2. The minimum atomic E-state index is -1.44. The van der Waals surface area contributed by atoms with E-state index in [1.165, 1.54) is 6.33 Å². The van der Waals surface area contributed by atoms with Crippen LogP contribution in [0.5, 0.6) is 0 Å². The van der Waals surface area contributed by atoms with Gasteiger partial charge in [-0.1, -0.05) is 44.5 Å². The molecule has 0 aliphatic heterocycles. The van der Waals surface area contributed by atoms with E-state index < -0.39 is 5.67 Å². The molecule has 0 saturated carbocycles. The molecule has 0 saturated heterocycles. The molecule has 6 nitrogen and oxygen atoms in total. The number of hydrogen-bond acceptors (Lipinski definition) is 6. The molecule has 2 heterocycles. The van der Waals surface area contributed by atoms with Gasteiger partial charge in [0.25, 0.3) is 0 Å². The lowest BCUT2D eigenvalue weighted by molar-refractivity contribution is 0.221. The second-order valence-corrected chi connectivity index (χ2v) is 8.19. The number of nitrogens with two attached hydrogens (primary N) is 1. The van der Waals surface area contributed by atoms with Gasteiger partial charge in [-0.25, -0.2) is 19.3 Å². The highest BCUT2D eigenvalue weighted by Crippen LogP contribution is 2.31. The number of unbranched alkanes of at least 4 members (excludes halogenated alkanes) is 2. The fraction of sp³-hybridized carbons (Fsp3) is 0.320. The van der Waals surface area contributed by atoms with Gasteiger partial charge in [-0.05, 0) is 50.1 Å². The summed E-state index contributed by atoms with van der Waals surface area (Å²) < 4.78 is 14.5. The number of nitrogens with one attached hydrogen (secondary N) is 1. The van der Waals surface area contributed by atoms with Crippen molar-refractivity contribution < 1.29 is 4.39 Å². The Morgan fingerprint density at radius 2 is 2.00 bits per heavy atom. The maximum atomic E-state index is 14.5. The number of rotatable bonds is 10. The molecular formula is C25H31FN6. The lowest BCUT2D eigenvalue weighted by Crippen LogP contribution is -2.29. The molecule has 0 aliphatic carbocycles. The first kappa shape index (κ1) is 23.2. The van der Waals surface area contributed by atoms with Crippen LogP contribution in [-0.4, -0.2) is 21.5 Å². The zero-order valence-electron chi connectivity index (χ0n) is 19.0. The van der Waals surface area contributed by atoms with E-state index in [4.69, 9.17) is 10.7 Å². The third kappa shape index (κ3) is 5.81. The van der Waals surface area contributed by atoms with Crippen molar-refractivity contribution in [2.45, 2.75) is 45.7 Å². The fourth-order valence-electron chi connectivity index (χ4n) is 3.35. The Kier molecular flexibility index (Phi) is 7.41. The van der Waals surface area contributed by atoms with Crippen molar-refractivity contribution in [3.63, 3.8) is 0 Å². The molecule has 3 N–H and O–H groups in total. The summed E-state index contributed by atoms with van der Waals surface area (Å²) >= 11 is 0. The molecule has 0 spiro atoms. The first-order valence-corrected chi connectivity index (χ1v) is 10.9. The third-order valence-corrected chi connectivity index (χ3v) is 5.17. The van der Waals surface area contributed by atoms with E-state index >= 15 is 0 Å². The van der Waals surface area contributed by atoms with Crippen molar-refractivity contribution in [3.8, 4) is 11.3 Å². The van der Waals surface area contributed by atoms with Crippen LogP contribution in [0.4, 0.5) is 21.7 Å². The van der Waals surface area contributed by atoms with Gasteiger partial charge < -0.3 is 16.0 Å². The predicted molar refractivity (Wildman–Crippen MR) is 130 cm³/mol. The van der Waals surface area contributed by atoms with Crippen LogP contribution in [0.3, 0.4) is 0 Å². The van der Waals surface area contributed by atoms with Gasteiger partial charge in [0.1, 0.15) is 23.6 Å². The minimum absolute atomic E-state index is 0.540. The summed E-state index contributed by atoms with van der Waals surface area (Å²) in [5.41, 5.74) is 7.60. The van der Waals surface area contributed by atoms with Gasteiger partial charge in [-0.2, -0.15) is 0 Å². The second-order valence-electron chi connectivity index (χ2n) is 8.19. The molecule has 0 radical (unpaired) electrons. The fourth-order valence-corrected chi connectivity index (χ4v) is 3.35. The van der Waals surface area contributed by atoms with Crippen molar-refractivity contribution >= 4 is 17.3 Å². The summed E-state index contributed by atoms with van der Waals surface area (Å²) in [6.45, 7) is 10.2. The van der Waals surface area contributed by atoms with E-state index in [0.717, 1.165) is 30.5 Å². The average molecular weight is 435 g/mol. The van der Waals surface area contributed by atoms with Crippen LogP contribution < -0.4 is 16.0 Å².